The first kappa shape index (κ1) is 19.7. The van der Waals surface area contributed by atoms with Crippen molar-refractivity contribution in [2.24, 2.45) is 0 Å². The Hall–Kier alpha value is -3.58. The standard InChI is InChI=1S/C23H17BrN2O4/c1-29-21-18(13-14-5-2-3-6-17(14)20(21)24)22(27)25-15-8-10-16(11-9-15)26-23(28)19-7-4-12-30-19/h2-13H,1H3,(H,25,27)(H,26,28). The van der Waals surface area contributed by atoms with Crippen LogP contribution in [0.2, 0.25) is 0 Å². The predicted octanol–water partition coefficient (Wildman–Crippen LogP) is 5.71. The maximum atomic E-state index is 12.9. The van der Waals surface area contributed by atoms with Gasteiger partial charge in [-0.1, -0.05) is 24.3 Å². The van der Waals surface area contributed by atoms with Gasteiger partial charge in [0.1, 0.15) is 5.75 Å². The summed E-state index contributed by atoms with van der Waals surface area (Å²) >= 11 is 3.54. The van der Waals surface area contributed by atoms with Crippen LogP contribution in [-0.4, -0.2) is 18.9 Å². The molecule has 3 aromatic carbocycles. The second-order valence-electron chi connectivity index (χ2n) is 6.46. The number of carbonyl (C=O) groups is 2. The van der Waals surface area contributed by atoms with Gasteiger partial charge >= 0.3 is 0 Å². The lowest BCUT2D eigenvalue weighted by atomic mass is 10.1. The Labute approximate surface area is 181 Å². The van der Waals surface area contributed by atoms with Gasteiger partial charge in [-0.25, -0.2) is 0 Å². The summed E-state index contributed by atoms with van der Waals surface area (Å²) in [6.45, 7) is 0. The van der Waals surface area contributed by atoms with Crippen LogP contribution in [0.5, 0.6) is 5.75 Å². The molecular weight excluding hydrogens is 448 g/mol. The molecule has 0 unspecified atom stereocenters. The van der Waals surface area contributed by atoms with Gasteiger partial charge in [0, 0.05) is 11.4 Å². The number of hydrogen-bond donors (Lipinski definition) is 2. The minimum atomic E-state index is -0.345. The molecular formula is C23H17BrN2O4. The second kappa shape index (κ2) is 8.42. The summed E-state index contributed by atoms with van der Waals surface area (Å²) in [7, 11) is 1.53. The van der Waals surface area contributed by atoms with E-state index in [1.165, 1.54) is 13.4 Å². The van der Waals surface area contributed by atoms with E-state index in [-0.39, 0.29) is 17.6 Å². The monoisotopic (exact) mass is 464 g/mol. The van der Waals surface area contributed by atoms with Gasteiger partial charge in [-0.15, -0.1) is 0 Å². The van der Waals surface area contributed by atoms with Gasteiger partial charge in [-0.2, -0.15) is 0 Å². The topological polar surface area (TPSA) is 80.6 Å². The fourth-order valence-electron chi connectivity index (χ4n) is 3.09. The normalized spacial score (nSPS) is 10.6. The summed E-state index contributed by atoms with van der Waals surface area (Å²) in [5, 5.41) is 7.48. The Bertz CT molecular complexity index is 1220. The molecule has 7 heteroatoms. The van der Waals surface area contributed by atoms with E-state index < -0.39 is 0 Å². The van der Waals surface area contributed by atoms with E-state index >= 15 is 0 Å². The molecule has 0 saturated carbocycles. The molecule has 0 radical (unpaired) electrons. The van der Waals surface area contributed by atoms with Crippen LogP contribution in [0.3, 0.4) is 0 Å². The summed E-state index contributed by atoms with van der Waals surface area (Å²) in [4.78, 5) is 25.0. The average Bonchev–Trinajstić information content (AvgIpc) is 3.30. The summed E-state index contributed by atoms with van der Waals surface area (Å²) in [5.41, 5.74) is 1.58. The smallest absolute Gasteiger partial charge is 0.291 e. The number of ether oxygens (including phenoxy) is 1. The van der Waals surface area contributed by atoms with E-state index in [9.17, 15) is 9.59 Å². The Morgan fingerprint density at radius 1 is 0.900 bits per heavy atom. The molecule has 1 heterocycles. The molecule has 4 aromatic rings. The molecule has 0 aliphatic rings. The van der Waals surface area contributed by atoms with E-state index in [0.29, 0.717) is 22.7 Å². The molecule has 30 heavy (non-hydrogen) atoms. The zero-order chi connectivity index (χ0) is 21.1. The first-order chi connectivity index (χ1) is 14.6. The van der Waals surface area contributed by atoms with Crippen molar-refractivity contribution in [3.8, 4) is 5.75 Å². The molecule has 0 saturated heterocycles. The Kier molecular flexibility index (Phi) is 5.54. The van der Waals surface area contributed by atoms with Crippen molar-refractivity contribution in [3.63, 3.8) is 0 Å². The number of anilines is 2. The van der Waals surface area contributed by atoms with Gasteiger partial charge in [-0.05, 0) is 69.2 Å². The number of benzene rings is 3. The highest BCUT2D eigenvalue weighted by molar-refractivity contribution is 9.10. The van der Waals surface area contributed by atoms with Gasteiger partial charge in [0.2, 0.25) is 0 Å². The van der Waals surface area contributed by atoms with Crippen LogP contribution in [0.15, 0.2) is 81.9 Å². The maximum Gasteiger partial charge on any atom is 0.291 e. The number of rotatable bonds is 5. The third-order valence-electron chi connectivity index (χ3n) is 4.54. The largest absolute Gasteiger partial charge is 0.495 e. The number of nitrogens with one attached hydrogen (secondary N) is 2. The number of amides is 2. The summed E-state index contributed by atoms with van der Waals surface area (Å²) < 4.78 is 11.3. The zero-order valence-corrected chi connectivity index (χ0v) is 17.5. The molecule has 0 fully saturated rings. The summed E-state index contributed by atoms with van der Waals surface area (Å²) in [6.07, 6.45) is 1.44. The van der Waals surface area contributed by atoms with Gasteiger partial charge in [0.15, 0.2) is 5.76 Å². The first-order valence-electron chi connectivity index (χ1n) is 9.08. The SMILES string of the molecule is COc1c(C(=O)Nc2ccc(NC(=O)c3ccco3)cc2)cc2ccccc2c1Br. The minimum Gasteiger partial charge on any atom is -0.495 e. The molecule has 6 nitrogen and oxygen atoms in total. The molecule has 2 N–H and O–H groups in total. The number of hydrogen-bond acceptors (Lipinski definition) is 4. The van der Waals surface area contributed by atoms with Gasteiger partial charge in [0.25, 0.3) is 11.8 Å². The third kappa shape index (κ3) is 3.92. The molecule has 2 amide bonds. The van der Waals surface area contributed by atoms with Gasteiger partial charge in [-0.3, -0.25) is 9.59 Å². The lowest BCUT2D eigenvalue weighted by molar-refractivity contribution is 0.0994. The molecule has 4 rings (SSSR count). The molecule has 0 spiro atoms. The van der Waals surface area contributed by atoms with Crippen molar-refractivity contribution in [1.82, 2.24) is 0 Å². The van der Waals surface area contributed by atoms with Crippen LogP contribution in [0, 0.1) is 0 Å². The fraction of sp³-hybridized carbons (Fsp3) is 0.0435. The molecule has 1 aromatic heterocycles. The minimum absolute atomic E-state index is 0.223. The Balaban J connectivity index is 1.53. The van der Waals surface area contributed by atoms with Crippen LogP contribution in [0.1, 0.15) is 20.9 Å². The molecule has 150 valence electrons. The van der Waals surface area contributed by atoms with Crippen LogP contribution in [0.4, 0.5) is 11.4 Å². The quantitative estimate of drug-likeness (QED) is 0.396. The third-order valence-corrected chi connectivity index (χ3v) is 5.32. The van der Waals surface area contributed by atoms with Crippen molar-refractivity contribution < 1.29 is 18.7 Å². The summed E-state index contributed by atoms with van der Waals surface area (Å²) in [6, 6.07) is 19.6. The van der Waals surface area contributed by atoms with Crippen LogP contribution in [-0.2, 0) is 0 Å². The van der Waals surface area contributed by atoms with Gasteiger partial charge < -0.3 is 19.8 Å². The number of furan rings is 1. The highest BCUT2D eigenvalue weighted by Crippen LogP contribution is 2.37. The van der Waals surface area contributed by atoms with Crippen LogP contribution >= 0.6 is 15.9 Å². The van der Waals surface area contributed by atoms with Crippen molar-refractivity contribution in [3.05, 3.63) is 88.8 Å². The predicted molar refractivity (Wildman–Crippen MR) is 119 cm³/mol. The Morgan fingerprint density at radius 2 is 1.57 bits per heavy atom. The van der Waals surface area contributed by atoms with Crippen molar-refractivity contribution >= 4 is 49.9 Å². The van der Waals surface area contributed by atoms with E-state index in [2.05, 4.69) is 26.6 Å². The van der Waals surface area contributed by atoms with E-state index in [1.54, 1.807) is 42.5 Å². The zero-order valence-electron chi connectivity index (χ0n) is 15.9. The highest BCUT2D eigenvalue weighted by Gasteiger charge is 2.18. The van der Waals surface area contributed by atoms with E-state index in [4.69, 9.17) is 9.15 Å². The van der Waals surface area contributed by atoms with E-state index in [1.807, 2.05) is 24.3 Å². The Morgan fingerprint density at radius 3 is 2.20 bits per heavy atom. The second-order valence-corrected chi connectivity index (χ2v) is 7.25. The number of methoxy groups -OCH3 is 1. The number of carbonyl (C=O) groups excluding carboxylic acids is 2. The fourth-order valence-corrected chi connectivity index (χ4v) is 3.82. The number of halogens is 1. The van der Waals surface area contributed by atoms with Crippen molar-refractivity contribution in [1.29, 1.82) is 0 Å². The maximum absolute atomic E-state index is 12.9. The lowest BCUT2D eigenvalue weighted by Crippen LogP contribution is -2.14. The van der Waals surface area contributed by atoms with Crippen LogP contribution < -0.4 is 15.4 Å². The lowest BCUT2D eigenvalue weighted by Gasteiger charge is -2.14. The highest BCUT2D eigenvalue weighted by atomic mass is 79.9. The molecule has 0 bridgehead atoms. The van der Waals surface area contributed by atoms with Crippen molar-refractivity contribution in [2.45, 2.75) is 0 Å². The first-order valence-corrected chi connectivity index (χ1v) is 9.87. The number of fused-ring (bicyclic) bond motifs is 1. The average molecular weight is 465 g/mol. The molecule has 0 aliphatic heterocycles. The van der Waals surface area contributed by atoms with Crippen molar-refractivity contribution in [2.75, 3.05) is 17.7 Å². The molecule has 0 atom stereocenters. The van der Waals surface area contributed by atoms with Crippen LogP contribution in [0.25, 0.3) is 10.8 Å². The molecule has 0 aliphatic carbocycles. The van der Waals surface area contributed by atoms with E-state index in [0.717, 1.165) is 15.2 Å². The van der Waals surface area contributed by atoms with Gasteiger partial charge in [0.05, 0.1) is 23.4 Å². The summed E-state index contributed by atoms with van der Waals surface area (Å²) in [5.74, 6) is 0.0445.